The Morgan fingerprint density at radius 1 is 1.59 bits per heavy atom. The molecule has 1 amide bonds. The number of anilines is 2. The normalized spacial score (nSPS) is 10.2. The number of aromatic nitrogens is 1. The highest BCUT2D eigenvalue weighted by Gasteiger charge is 2.06. The van der Waals surface area contributed by atoms with Gasteiger partial charge in [0.15, 0.2) is 0 Å². The van der Waals surface area contributed by atoms with E-state index in [1.54, 1.807) is 23.6 Å². The van der Waals surface area contributed by atoms with Gasteiger partial charge in [-0.1, -0.05) is 0 Å². The lowest BCUT2D eigenvalue weighted by Gasteiger charge is -2.05. The Morgan fingerprint density at radius 3 is 3.06 bits per heavy atom. The Morgan fingerprint density at radius 2 is 2.41 bits per heavy atom. The first kappa shape index (κ1) is 11.6. The van der Waals surface area contributed by atoms with E-state index in [1.807, 2.05) is 23.8 Å². The van der Waals surface area contributed by atoms with Crippen LogP contribution < -0.4 is 11.1 Å². The minimum atomic E-state index is -0.0694. The molecule has 0 saturated heterocycles. The molecule has 0 aliphatic heterocycles. The highest BCUT2D eigenvalue weighted by molar-refractivity contribution is 7.08. The van der Waals surface area contributed by atoms with E-state index in [9.17, 15) is 4.79 Å². The quantitative estimate of drug-likeness (QED) is 0.873. The molecule has 0 radical (unpaired) electrons. The first-order valence-electron chi connectivity index (χ1n) is 5.18. The summed E-state index contributed by atoms with van der Waals surface area (Å²) in [7, 11) is 0. The summed E-state index contributed by atoms with van der Waals surface area (Å²) in [5.74, 6) is 0.469. The van der Waals surface area contributed by atoms with Crippen LogP contribution in [-0.4, -0.2) is 10.9 Å². The molecule has 0 saturated carbocycles. The summed E-state index contributed by atoms with van der Waals surface area (Å²) < 4.78 is 0. The Hall–Kier alpha value is -1.88. The molecule has 0 bridgehead atoms. The molecule has 0 fully saturated rings. The van der Waals surface area contributed by atoms with E-state index in [-0.39, 0.29) is 5.91 Å². The largest absolute Gasteiger partial charge is 0.397 e. The molecule has 2 rings (SSSR count). The Kier molecular flexibility index (Phi) is 3.39. The molecule has 17 heavy (non-hydrogen) atoms. The number of aryl methyl sites for hydroxylation is 1. The lowest BCUT2D eigenvalue weighted by atomic mass is 10.2. The molecule has 5 heteroatoms. The van der Waals surface area contributed by atoms with E-state index in [0.717, 1.165) is 11.1 Å². The van der Waals surface area contributed by atoms with E-state index in [2.05, 4.69) is 10.3 Å². The average Bonchev–Trinajstić information content (AvgIpc) is 2.76. The number of nitrogen functional groups attached to an aromatic ring is 1. The molecule has 0 atom stereocenters. The van der Waals surface area contributed by atoms with Gasteiger partial charge in [0.1, 0.15) is 5.82 Å². The maximum absolute atomic E-state index is 11.7. The van der Waals surface area contributed by atoms with Gasteiger partial charge >= 0.3 is 0 Å². The number of pyridine rings is 1. The van der Waals surface area contributed by atoms with Gasteiger partial charge < -0.3 is 11.1 Å². The summed E-state index contributed by atoms with van der Waals surface area (Å²) in [6.07, 6.45) is 1.92. The summed E-state index contributed by atoms with van der Waals surface area (Å²) >= 11 is 1.58. The zero-order valence-electron chi connectivity index (χ0n) is 9.43. The van der Waals surface area contributed by atoms with Crippen LogP contribution in [0.15, 0.2) is 29.1 Å². The summed E-state index contributed by atoms with van der Waals surface area (Å²) in [6.45, 7) is 1.88. The highest BCUT2D eigenvalue weighted by atomic mass is 32.1. The van der Waals surface area contributed by atoms with Gasteiger partial charge in [0.05, 0.1) is 18.3 Å². The number of nitrogens with zero attached hydrogens (tertiary/aromatic N) is 1. The maximum atomic E-state index is 11.7. The lowest BCUT2D eigenvalue weighted by molar-refractivity contribution is -0.115. The molecule has 2 heterocycles. The van der Waals surface area contributed by atoms with Gasteiger partial charge in [-0.25, -0.2) is 4.98 Å². The van der Waals surface area contributed by atoms with Crippen molar-refractivity contribution in [3.05, 3.63) is 40.2 Å². The Labute approximate surface area is 103 Å². The van der Waals surface area contributed by atoms with Gasteiger partial charge in [0.2, 0.25) is 5.91 Å². The third kappa shape index (κ3) is 3.04. The number of carbonyl (C=O) groups is 1. The number of nitrogens with two attached hydrogens (primary N) is 1. The number of nitrogens with one attached hydrogen (secondary N) is 1. The van der Waals surface area contributed by atoms with Gasteiger partial charge in [0, 0.05) is 0 Å². The second kappa shape index (κ2) is 4.97. The van der Waals surface area contributed by atoms with Gasteiger partial charge in [-0.15, -0.1) is 0 Å². The standard InChI is InChI=1S/C12H13N3OS/c1-8-4-11(14-6-10(8)13)15-12(16)5-9-2-3-17-7-9/h2-4,6-7H,5,13H2,1H3,(H,14,15,16). The van der Waals surface area contributed by atoms with Crippen LogP contribution in [0.3, 0.4) is 0 Å². The number of carbonyl (C=O) groups excluding carboxylic acids is 1. The van der Waals surface area contributed by atoms with Crippen molar-refractivity contribution in [1.82, 2.24) is 4.98 Å². The fraction of sp³-hybridized carbons (Fsp3) is 0.167. The highest BCUT2D eigenvalue weighted by Crippen LogP contribution is 2.14. The number of amides is 1. The van der Waals surface area contributed by atoms with Crippen molar-refractivity contribution >= 4 is 28.7 Å². The van der Waals surface area contributed by atoms with E-state index < -0.39 is 0 Å². The van der Waals surface area contributed by atoms with Crippen LogP contribution in [0.25, 0.3) is 0 Å². The van der Waals surface area contributed by atoms with E-state index in [0.29, 0.717) is 17.9 Å². The van der Waals surface area contributed by atoms with E-state index >= 15 is 0 Å². The number of rotatable bonds is 3. The summed E-state index contributed by atoms with van der Waals surface area (Å²) in [4.78, 5) is 15.8. The molecule has 0 aliphatic carbocycles. The van der Waals surface area contributed by atoms with Crippen LogP contribution in [-0.2, 0) is 11.2 Å². The summed E-state index contributed by atoms with van der Waals surface area (Å²) in [5, 5.41) is 6.66. The smallest absolute Gasteiger partial charge is 0.229 e. The average molecular weight is 247 g/mol. The molecule has 88 valence electrons. The van der Waals surface area contributed by atoms with E-state index in [4.69, 9.17) is 5.73 Å². The van der Waals surface area contributed by atoms with Crippen LogP contribution >= 0.6 is 11.3 Å². The van der Waals surface area contributed by atoms with Crippen molar-refractivity contribution in [1.29, 1.82) is 0 Å². The monoisotopic (exact) mass is 247 g/mol. The maximum Gasteiger partial charge on any atom is 0.229 e. The third-order valence-electron chi connectivity index (χ3n) is 2.36. The molecular formula is C12H13N3OS. The fourth-order valence-corrected chi connectivity index (χ4v) is 2.07. The molecule has 0 unspecified atom stereocenters. The van der Waals surface area contributed by atoms with Crippen molar-refractivity contribution in [3.63, 3.8) is 0 Å². The molecule has 2 aromatic heterocycles. The third-order valence-corrected chi connectivity index (χ3v) is 3.10. The first-order chi connectivity index (χ1) is 8.15. The number of hydrogen-bond donors (Lipinski definition) is 2. The van der Waals surface area contributed by atoms with Gasteiger partial charge in [0.25, 0.3) is 0 Å². The second-order valence-electron chi connectivity index (χ2n) is 3.78. The molecule has 2 aromatic rings. The topological polar surface area (TPSA) is 68.0 Å². The SMILES string of the molecule is Cc1cc(NC(=O)Cc2ccsc2)ncc1N. The number of hydrogen-bond acceptors (Lipinski definition) is 4. The van der Waals surface area contributed by atoms with Crippen LogP contribution in [0.2, 0.25) is 0 Å². The van der Waals surface area contributed by atoms with Gasteiger partial charge in [-0.05, 0) is 40.9 Å². The van der Waals surface area contributed by atoms with Crippen molar-refractivity contribution in [3.8, 4) is 0 Å². The second-order valence-corrected chi connectivity index (χ2v) is 4.56. The van der Waals surface area contributed by atoms with Crippen molar-refractivity contribution in [2.75, 3.05) is 11.1 Å². The molecule has 0 aromatic carbocycles. The zero-order valence-corrected chi connectivity index (χ0v) is 10.3. The first-order valence-corrected chi connectivity index (χ1v) is 6.12. The predicted octanol–water partition coefficient (Wildman–Crippen LogP) is 2.21. The lowest BCUT2D eigenvalue weighted by Crippen LogP contribution is -2.15. The molecular weight excluding hydrogens is 234 g/mol. The molecule has 4 nitrogen and oxygen atoms in total. The van der Waals surface area contributed by atoms with Crippen LogP contribution in [0.5, 0.6) is 0 Å². The van der Waals surface area contributed by atoms with Crippen LogP contribution in [0.1, 0.15) is 11.1 Å². The zero-order chi connectivity index (χ0) is 12.3. The van der Waals surface area contributed by atoms with Crippen molar-refractivity contribution in [2.45, 2.75) is 13.3 Å². The predicted molar refractivity (Wildman–Crippen MR) is 70.0 cm³/mol. The summed E-state index contributed by atoms with van der Waals surface area (Å²) in [6, 6.07) is 3.70. The Bertz CT molecular complexity index is 523. The van der Waals surface area contributed by atoms with Crippen molar-refractivity contribution in [2.24, 2.45) is 0 Å². The minimum Gasteiger partial charge on any atom is -0.397 e. The summed E-state index contributed by atoms with van der Waals surface area (Å²) in [5.41, 5.74) is 8.20. The fourth-order valence-electron chi connectivity index (χ4n) is 1.40. The number of thiophene rings is 1. The molecule has 0 spiro atoms. The molecule has 3 N–H and O–H groups in total. The van der Waals surface area contributed by atoms with Crippen LogP contribution in [0.4, 0.5) is 11.5 Å². The van der Waals surface area contributed by atoms with Crippen LogP contribution in [0, 0.1) is 6.92 Å². The minimum absolute atomic E-state index is 0.0694. The molecule has 0 aliphatic rings. The van der Waals surface area contributed by atoms with Gasteiger partial charge in [-0.2, -0.15) is 11.3 Å². The Balaban J connectivity index is 2.00. The van der Waals surface area contributed by atoms with E-state index in [1.165, 1.54) is 0 Å². The van der Waals surface area contributed by atoms with Crippen molar-refractivity contribution < 1.29 is 4.79 Å². The van der Waals surface area contributed by atoms with Gasteiger partial charge in [-0.3, -0.25) is 4.79 Å².